The number of nitriles is 1. The van der Waals surface area contributed by atoms with Crippen molar-refractivity contribution in [1.29, 1.82) is 5.26 Å². The Morgan fingerprint density at radius 1 is 1.35 bits per heavy atom. The predicted molar refractivity (Wildman–Crippen MR) is 65.6 cm³/mol. The zero-order chi connectivity index (χ0) is 12.4. The standard InChI is InChI=1S/C12H17N5/c1-9-7-17(8-10(2)16(9)3)12-14-5-4-11(6-13)15-12/h4-5,9-10H,7-8H2,1-3H3. The molecule has 1 aliphatic rings. The number of anilines is 1. The lowest BCUT2D eigenvalue weighted by Crippen LogP contribution is -2.55. The van der Waals surface area contributed by atoms with Crippen molar-refractivity contribution in [3.8, 4) is 6.07 Å². The van der Waals surface area contributed by atoms with Gasteiger partial charge in [-0.15, -0.1) is 0 Å². The van der Waals surface area contributed by atoms with Gasteiger partial charge in [-0.05, 0) is 27.0 Å². The highest BCUT2D eigenvalue weighted by atomic mass is 15.3. The van der Waals surface area contributed by atoms with Crippen LogP contribution in [0.4, 0.5) is 5.95 Å². The van der Waals surface area contributed by atoms with Gasteiger partial charge >= 0.3 is 0 Å². The third-order valence-electron chi connectivity index (χ3n) is 3.40. The summed E-state index contributed by atoms with van der Waals surface area (Å²) in [7, 11) is 2.14. The predicted octanol–water partition coefficient (Wildman–Crippen LogP) is 0.877. The van der Waals surface area contributed by atoms with E-state index in [1.54, 1.807) is 12.3 Å². The Labute approximate surface area is 102 Å². The molecule has 5 nitrogen and oxygen atoms in total. The molecule has 0 amide bonds. The molecule has 2 atom stereocenters. The van der Waals surface area contributed by atoms with Crippen LogP contribution in [0.25, 0.3) is 0 Å². The first kappa shape index (κ1) is 11.8. The minimum atomic E-state index is 0.425. The van der Waals surface area contributed by atoms with E-state index in [1.807, 2.05) is 6.07 Å². The molecule has 1 fully saturated rings. The van der Waals surface area contributed by atoms with E-state index in [2.05, 4.69) is 40.7 Å². The van der Waals surface area contributed by atoms with Gasteiger partial charge in [0.15, 0.2) is 0 Å². The molecule has 2 rings (SSSR count). The van der Waals surface area contributed by atoms with Crippen LogP contribution in [0.3, 0.4) is 0 Å². The van der Waals surface area contributed by atoms with E-state index < -0.39 is 0 Å². The summed E-state index contributed by atoms with van der Waals surface area (Å²) in [5.74, 6) is 0.663. The van der Waals surface area contributed by atoms with Gasteiger partial charge in [-0.1, -0.05) is 0 Å². The molecule has 0 aromatic carbocycles. The van der Waals surface area contributed by atoms with E-state index >= 15 is 0 Å². The summed E-state index contributed by atoms with van der Waals surface area (Å²) in [6, 6.07) is 4.61. The number of aromatic nitrogens is 2. The Morgan fingerprint density at radius 2 is 2.00 bits per heavy atom. The fourth-order valence-electron chi connectivity index (χ4n) is 2.13. The fraction of sp³-hybridized carbons (Fsp3) is 0.583. The molecule has 17 heavy (non-hydrogen) atoms. The number of piperazine rings is 1. The van der Waals surface area contributed by atoms with Crippen molar-refractivity contribution in [1.82, 2.24) is 14.9 Å². The van der Waals surface area contributed by atoms with Gasteiger partial charge in [-0.2, -0.15) is 5.26 Å². The molecule has 0 aliphatic carbocycles. The molecule has 1 aromatic heterocycles. The van der Waals surface area contributed by atoms with Crippen LogP contribution in [0.5, 0.6) is 0 Å². The van der Waals surface area contributed by atoms with Crippen molar-refractivity contribution >= 4 is 5.95 Å². The highest BCUT2D eigenvalue weighted by Crippen LogP contribution is 2.17. The molecule has 1 aliphatic heterocycles. The molecular weight excluding hydrogens is 214 g/mol. The maximum Gasteiger partial charge on any atom is 0.226 e. The van der Waals surface area contributed by atoms with Gasteiger partial charge in [0.2, 0.25) is 5.95 Å². The number of likely N-dealkylation sites (N-methyl/N-ethyl adjacent to an activating group) is 1. The molecule has 2 heterocycles. The van der Waals surface area contributed by atoms with Crippen LogP contribution in [0.15, 0.2) is 12.3 Å². The minimum Gasteiger partial charge on any atom is -0.338 e. The Bertz CT molecular complexity index is 427. The van der Waals surface area contributed by atoms with Crippen molar-refractivity contribution in [2.45, 2.75) is 25.9 Å². The van der Waals surface area contributed by atoms with E-state index in [0.29, 0.717) is 23.7 Å². The van der Waals surface area contributed by atoms with E-state index in [4.69, 9.17) is 5.26 Å². The van der Waals surface area contributed by atoms with Crippen LogP contribution in [-0.2, 0) is 0 Å². The Morgan fingerprint density at radius 3 is 2.59 bits per heavy atom. The average molecular weight is 231 g/mol. The third kappa shape index (κ3) is 2.37. The van der Waals surface area contributed by atoms with Crippen molar-refractivity contribution < 1.29 is 0 Å². The SMILES string of the molecule is CC1CN(c2nccc(C#N)n2)CC(C)N1C. The van der Waals surface area contributed by atoms with Gasteiger partial charge in [-0.25, -0.2) is 9.97 Å². The van der Waals surface area contributed by atoms with Gasteiger partial charge < -0.3 is 4.90 Å². The van der Waals surface area contributed by atoms with Crippen LogP contribution in [0.2, 0.25) is 0 Å². The van der Waals surface area contributed by atoms with E-state index in [1.165, 1.54) is 0 Å². The molecule has 1 saturated heterocycles. The minimum absolute atomic E-state index is 0.425. The summed E-state index contributed by atoms with van der Waals surface area (Å²) in [6.45, 7) is 6.18. The second-order valence-electron chi connectivity index (χ2n) is 4.62. The summed E-state index contributed by atoms with van der Waals surface area (Å²) in [6.07, 6.45) is 1.65. The van der Waals surface area contributed by atoms with Gasteiger partial charge in [0, 0.05) is 31.4 Å². The molecule has 0 N–H and O–H groups in total. The van der Waals surface area contributed by atoms with Crippen molar-refractivity contribution in [2.75, 3.05) is 25.0 Å². The maximum absolute atomic E-state index is 8.84. The monoisotopic (exact) mass is 231 g/mol. The van der Waals surface area contributed by atoms with Crippen LogP contribution in [0.1, 0.15) is 19.5 Å². The fourth-order valence-corrected chi connectivity index (χ4v) is 2.13. The molecule has 0 saturated carbocycles. The number of hydrogen-bond acceptors (Lipinski definition) is 5. The van der Waals surface area contributed by atoms with Crippen molar-refractivity contribution in [2.24, 2.45) is 0 Å². The zero-order valence-electron chi connectivity index (χ0n) is 10.5. The lowest BCUT2D eigenvalue weighted by Gasteiger charge is -2.42. The summed E-state index contributed by atoms with van der Waals surface area (Å²) >= 11 is 0. The number of rotatable bonds is 1. The van der Waals surface area contributed by atoms with Crippen LogP contribution in [-0.4, -0.2) is 47.1 Å². The molecule has 2 unspecified atom stereocenters. The molecule has 5 heteroatoms. The second-order valence-corrected chi connectivity index (χ2v) is 4.62. The molecule has 90 valence electrons. The van der Waals surface area contributed by atoms with Crippen molar-refractivity contribution in [3.63, 3.8) is 0 Å². The summed E-state index contributed by atoms with van der Waals surface area (Å²) < 4.78 is 0. The molecule has 0 bridgehead atoms. The van der Waals surface area contributed by atoms with Gasteiger partial charge in [0.25, 0.3) is 0 Å². The van der Waals surface area contributed by atoms with Crippen LogP contribution >= 0.6 is 0 Å². The smallest absolute Gasteiger partial charge is 0.226 e. The topological polar surface area (TPSA) is 56.1 Å². The zero-order valence-corrected chi connectivity index (χ0v) is 10.5. The Balaban J connectivity index is 2.20. The Kier molecular flexibility index (Phi) is 3.25. The normalized spacial score (nSPS) is 25.6. The van der Waals surface area contributed by atoms with Crippen LogP contribution in [0, 0.1) is 11.3 Å². The molecule has 1 aromatic rings. The summed E-state index contributed by atoms with van der Waals surface area (Å²) in [5.41, 5.74) is 0.425. The average Bonchev–Trinajstić information content (AvgIpc) is 2.35. The number of hydrogen-bond donors (Lipinski definition) is 0. The lowest BCUT2D eigenvalue weighted by atomic mass is 10.1. The highest BCUT2D eigenvalue weighted by molar-refractivity contribution is 5.35. The maximum atomic E-state index is 8.84. The van der Waals surface area contributed by atoms with E-state index in [-0.39, 0.29) is 0 Å². The van der Waals surface area contributed by atoms with Gasteiger partial charge in [0.05, 0.1) is 0 Å². The first-order valence-corrected chi connectivity index (χ1v) is 5.82. The Hall–Kier alpha value is -1.67. The highest BCUT2D eigenvalue weighted by Gasteiger charge is 2.27. The summed E-state index contributed by atoms with van der Waals surface area (Å²) in [5, 5.41) is 8.84. The lowest BCUT2D eigenvalue weighted by molar-refractivity contribution is 0.169. The largest absolute Gasteiger partial charge is 0.338 e. The first-order chi connectivity index (χ1) is 8.11. The molecule has 0 spiro atoms. The van der Waals surface area contributed by atoms with Crippen molar-refractivity contribution in [3.05, 3.63) is 18.0 Å². The van der Waals surface area contributed by atoms with E-state index in [9.17, 15) is 0 Å². The third-order valence-corrected chi connectivity index (χ3v) is 3.40. The van der Waals surface area contributed by atoms with Gasteiger partial charge in [-0.3, -0.25) is 4.90 Å². The number of nitrogens with zero attached hydrogens (tertiary/aromatic N) is 5. The van der Waals surface area contributed by atoms with Crippen LogP contribution < -0.4 is 4.90 Å². The quantitative estimate of drug-likeness (QED) is 0.718. The first-order valence-electron chi connectivity index (χ1n) is 5.82. The van der Waals surface area contributed by atoms with Gasteiger partial charge in [0.1, 0.15) is 11.8 Å². The van der Waals surface area contributed by atoms with E-state index in [0.717, 1.165) is 13.1 Å². The molecular formula is C12H17N5. The molecule has 0 radical (unpaired) electrons. The second kappa shape index (κ2) is 4.68. The summed E-state index contributed by atoms with van der Waals surface area (Å²) in [4.78, 5) is 13.0.